The van der Waals surface area contributed by atoms with Gasteiger partial charge in [0.25, 0.3) is 0 Å². The van der Waals surface area contributed by atoms with Gasteiger partial charge in [-0.3, -0.25) is 0 Å². The van der Waals surface area contributed by atoms with Crippen LogP contribution in [0.3, 0.4) is 0 Å². The van der Waals surface area contributed by atoms with Crippen LogP contribution in [0.1, 0.15) is 9.88 Å². The Morgan fingerprint density at radius 2 is 2.17 bits per heavy atom. The van der Waals surface area contributed by atoms with E-state index >= 15 is 0 Å². The van der Waals surface area contributed by atoms with E-state index in [1.165, 1.54) is 4.88 Å². The molecule has 0 aliphatic heterocycles. The van der Waals surface area contributed by atoms with Crippen LogP contribution in [0, 0.1) is 6.92 Å². The van der Waals surface area contributed by atoms with E-state index in [0.717, 1.165) is 10.7 Å². The molecular formula is C11H11N5OS. The maximum absolute atomic E-state index is 5.78. The summed E-state index contributed by atoms with van der Waals surface area (Å²) in [6.45, 7) is 2.68. The largest absolute Gasteiger partial charge is 0.397 e. The van der Waals surface area contributed by atoms with Gasteiger partial charge in [-0.2, -0.15) is 0 Å². The molecule has 0 spiro atoms. The topological polar surface area (TPSA) is 89.9 Å². The molecule has 1 aromatic carbocycles. The standard InChI is InChI=1S/C11H11N5OS/c1-6-4-14-9(18-6)5-13-8-3-2-7(12)10-11(8)16-17-15-10/h2-4,13H,5,12H2,1H3. The zero-order valence-electron chi connectivity index (χ0n) is 9.67. The third-order valence-corrected chi connectivity index (χ3v) is 3.46. The maximum Gasteiger partial charge on any atom is 0.160 e. The molecule has 3 N–H and O–H groups in total. The molecule has 0 saturated carbocycles. The minimum absolute atomic E-state index is 0.557. The van der Waals surface area contributed by atoms with Crippen LogP contribution in [0.2, 0.25) is 0 Å². The van der Waals surface area contributed by atoms with E-state index in [1.54, 1.807) is 17.4 Å². The molecule has 2 aromatic heterocycles. The lowest BCUT2D eigenvalue weighted by Crippen LogP contribution is -2.00. The number of benzene rings is 1. The third kappa shape index (κ3) is 1.88. The Morgan fingerprint density at radius 1 is 1.33 bits per heavy atom. The second-order valence-corrected chi connectivity index (χ2v) is 5.20. The second-order valence-electron chi connectivity index (χ2n) is 3.88. The monoisotopic (exact) mass is 261 g/mol. The van der Waals surface area contributed by atoms with Gasteiger partial charge in [-0.15, -0.1) is 11.3 Å². The Labute approximate surface area is 107 Å². The number of nitrogens with zero attached hydrogens (tertiary/aromatic N) is 3. The lowest BCUT2D eigenvalue weighted by molar-refractivity contribution is 0.316. The number of hydrogen-bond acceptors (Lipinski definition) is 7. The molecule has 0 aliphatic carbocycles. The summed E-state index contributed by atoms with van der Waals surface area (Å²) in [5, 5.41) is 11.9. The lowest BCUT2D eigenvalue weighted by atomic mass is 10.2. The summed E-state index contributed by atoms with van der Waals surface area (Å²) in [4.78, 5) is 5.48. The Bertz CT molecular complexity index is 690. The Kier molecular flexibility index (Phi) is 2.60. The molecular weight excluding hydrogens is 250 g/mol. The first-order valence-electron chi connectivity index (χ1n) is 5.40. The highest BCUT2D eigenvalue weighted by atomic mass is 32.1. The predicted octanol–water partition coefficient (Wildman–Crippen LogP) is 2.18. The first-order chi connectivity index (χ1) is 8.74. The van der Waals surface area contributed by atoms with Crippen molar-refractivity contribution < 1.29 is 4.63 Å². The van der Waals surface area contributed by atoms with Gasteiger partial charge in [0.1, 0.15) is 5.01 Å². The molecule has 0 bridgehead atoms. The van der Waals surface area contributed by atoms with Gasteiger partial charge in [-0.1, -0.05) is 0 Å². The number of nitrogen functional groups attached to an aromatic ring is 1. The van der Waals surface area contributed by atoms with E-state index < -0.39 is 0 Å². The van der Waals surface area contributed by atoms with Crippen molar-refractivity contribution in [2.45, 2.75) is 13.5 Å². The van der Waals surface area contributed by atoms with Crippen molar-refractivity contribution in [3.63, 3.8) is 0 Å². The fourth-order valence-corrected chi connectivity index (χ4v) is 2.41. The second kappa shape index (κ2) is 4.26. The van der Waals surface area contributed by atoms with Crippen molar-refractivity contribution in [2.24, 2.45) is 0 Å². The maximum atomic E-state index is 5.78. The summed E-state index contributed by atoms with van der Waals surface area (Å²) < 4.78 is 4.71. The molecule has 2 heterocycles. The number of thiazole rings is 1. The zero-order chi connectivity index (χ0) is 12.5. The molecule has 0 radical (unpaired) electrons. The molecule has 0 atom stereocenters. The molecule has 18 heavy (non-hydrogen) atoms. The van der Waals surface area contributed by atoms with Crippen LogP contribution >= 0.6 is 11.3 Å². The number of aryl methyl sites for hydroxylation is 1. The molecule has 0 aliphatic rings. The average Bonchev–Trinajstić information content (AvgIpc) is 2.98. The summed E-state index contributed by atoms with van der Waals surface area (Å²) in [7, 11) is 0. The van der Waals surface area contributed by atoms with Crippen molar-refractivity contribution >= 4 is 33.7 Å². The van der Waals surface area contributed by atoms with Gasteiger partial charge in [0.15, 0.2) is 11.0 Å². The number of nitrogens with two attached hydrogens (primary N) is 1. The van der Waals surface area contributed by atoms with Gasteiger partial charge in [0.2, 0.25) is 0 Å². The number of fused-ring (bicyclic) bond motifs is 1. The molecule has 92 valence electrons. The van der Waals surface area contributed by atoms with E-state index in [1.807, 2.05) is 19.2 Å². The highest BCUT2D eigenvalue weighted by Gasteiger charge is 2.10. The number of rotatable bonds is 3. The Morgan fingerprint density at radius 3 is 2.94 bits per heavy atom. The smallest absolute Gasteiger partial charge is 0.160 e. The summed E-state index contributed by atoms with van der Waals surface area (Å²) in [6, 6.07) is 3.64. The van der Waals surface area contributed by atoms with Crippen LogP contribution in [0.25, 0.3) is 11.0 Å². The van der Waals surface area contributed by atoms with Crippen LogP contribution in [0.4, 0.5) is 11.4 Å². The summed E-state index contributed by atoms with van der Waals surface area (Å²) >= 11 is 1.66. The van der Waals surface area contributed by atoms with E-state index in [0.29, 0.717) is 23.3 Å². The van der Waals surface area contributed by atoms with Gasteiger partial charge < -0.3 is 11.1 Å². The summed E-state index contributed by atoms with van der Waals surface area (Å²) in [5.41, 5.74) is 8.40. The molecule has 0 unspecified atom stereocenters. The first-order valence-corrected chi connectivity index (χ1v) is 6.21. The quantitative estimate of drug-likeness (QED) is 0.702. The third-order valence-electron chi connectivity index (χ3n) is 2.55. The van der Waals surface area contributed by atoms with Crippen LogP contribution in [-0.4, -0.2) is 15.3 Å². The summed E-state index contributed by atoms with van der Waals surface area (Å²) in [6.07, 6.45) is 1.86. The lowest BCUT2D eigenvalue weighted by Gasteiger charge is -2.04. The van der Waals surface area contributed by atoms with Crippen LogP contribution in [-0.2, 0) is 6.54 Å². The van der Waals surface area contributed by atoms with Crippen molar-refractivity contribution in [3.8, 4) is 0 Å². The fraction of sp³-hybridized carbons (Fsp3) is 0.182. The molecule has 3 rings (SSSR count). The molecule has 3 aromatic rings. The molecule has 7 heteroatoms. The van der Waals surface area contributed by atoms with Crippen LogP contribution in [0.5, 0.6) is 0 Å². The zero-order valence-corrected chi connectivity index (χ0v) is 10.5. The predicted molar refractivity (Wildman–Crippen MR) is 70.4 cm³/mol. The molecule has 6 nitrogen and oxygen atoms in total. The average molecular weight is 261 g/mol. The van der Waals surface area contributed by atoms with Gasteiger partial charge in [0, 0.05) is 11.1 Å². The minimum Gasteiger partial charge on any atom is -0.397 e. The van der Waals surface area contributed by atoms with E-state index in [-0.39, 0.29) is 0 Å². The molecule has 0 fully saturated rings. The number of anilines is 2. The van der Waals surface area contributed by atoms with Crippen molar-refractivity contribution in [1.29, 1.82) is 0 Å². The van der Waals surface area contributed by atoms with E-state index in [4.69, 9.17) is 10.4 Å². The van der Waals surface area contributed by atoms with E-state index in [9.17, 15) is 0 Å². The van der Waals surface area contributed by atoms with Gasteiger partial charge in [-0.25, -0.2) is 9.61 Å². The van der Waals surface area contributed by atoms with Crippen molar-refractivity contribution in [2.75, 3.05) is 11.1 Å². The fourth-order valence-electron chi connectivity index (χ4n) is 1.68. The van der Waals surface area contributed by atoms with Crippen LogP contribution in [0.15, 0.2) is 23.0 Å². The van der Waals surface area contributed by atoms with E-state index in [2.05, 4.69) is 20.6 Å². The van der Waals surface area contributed by atoms with Crippen LogP contribution < -0.4 is 11.1 Å². The first kappa shape index (κ1) is 11.0. The normalized spacial score (nSPS) is 10.9. The highest BCUT2D eigenvalue weighted by molar-refractivity contribution is 7.11. The SMILES string of the molecule is Cc1cnc(CNc2ccc(N)c3nonc23)s1. The molecule has 0 amide bonds. The molecule has 0 saturated heterocycles. The van der Waals surface area contributed by atoms with Gasteiger partial charge in [-0.05, 0) is 29.4 Å². The van der Waals surface area contributed by atoms with Crippen molar-refractivity contribution in [3.05, 3.63) is 28.2 Å². The number of aromatic nitrogens is 3. The Balaban J connectivity index is 1.86. The minimum atomic E-state index is 0.557. The number of nitrogens with one attached hydrogen (secondary N) is 1. The number of hydrogen-bond donors (Lipinski definition) is 2. The highest BCUT2D eigenvalue weighted by Crippen LogP contribution is 2.25. The van der Waals surface area contributed by atoms with Gasteiger partial charge in [0.05, 0.1) is 17.9 Å². The van der Waals surface area contributed by atoms with Gasteiger partial charge >= 0.3 is 0 Å². The Hall–Kier alpha value is -2.15. The summed E-state index contributed by atoms with van der Waals surface area (Å²) in [5.74, 6) is 0. The van der Waals surface area contributed by atoms with Crippen molar-refractivity contribution in [1.82, 2.24) is 15.3 Å².